The van der Waals surface area contributed by atoms with Crippen LogP contribution in [0.3, 0.4) is 0 Å². The molecule has 2 amide bonds. The first-order valence-corrected chi connectivity index (χ1v) is 14.6. The Morgan fingerprint density at radius 3 is 2.28 bits per heavy atom. The van der Waals surface area contributed by atoms with Gasteiger partial charge in [-0.05, 0) is 62.9 Å². The summed E-state index contributed by atoms with van der Waals surface area (Å²) in [7, 11) is -3.76. The number of amides is 2. The molecule has 0 saturated heterocycles. The molecule has 0 aliphatic heterocycles. The molecule has 7 nitrogen and oxygen atoms in total. The molecule has 36 heavy (non-hydrogen) atoms. The minimum absolute atomic E-state index is 0.101. The van der Waals surface area contributed by atoms with E-state index in [2.05, 4.69) is 5.32 Å². The minimum atomic E-state index is -3.76. The highest BCUT2D eigenvalue weighted by Gasteiger charge is 2.31. The number of hydrogen-bond donors (Lipinski definition) is 1. The largest absolute Gasteiger partial charge is 0.352 e. The quantitative estimate of drug-likeness (QED) is 0.511. The highest BCUT2D eigenvalue weighted by Crippen LogP contribution is 2.25. The maximum Gasteiger partial charge on any atom is 0.244 e. The van der Waals surface area contributed by atoms with Crippen molar-refractivity contribution in [3.63, 3.8) is 0 Å². The van der Waals surface area contributed by atoms with E-state index in [9.17, 15) is 18.0 Å². The van der Waals surface area contributed by atoms with E-state index in [4.69, 9.17) is 11.6 Å². The van der Waals surface area contributed by atoms with Gasteiger partial charge in [-0.25, -0.2) is 8.42 Å². The molecule has 9 heteroatoms. The summed E-state index contributed by atoms with van der Waals surface area (Å²) in [6.45, 7) is 5.18. The third-order valence-electron chi connectivity index (χ3n) is 6.69. The molecule has 0 heterocycles. The van der Waals surface area contributed by atoms with Crippen molar-refractivity contribution >= 4 is 39.1 Å². The van der Waals surface area contributed by atoms with Gasteiger partial charge < -0.3 is 10.2 Å². The summed E-state index contributed by atoms with van der Waals surface area (Å²) in [5.41, 5.74) is 2.98. The summed E-state index contributed by atoms with van der Waals surface area (Å²) in [6, 6.07) is 11.8. The SMILES string of the molecule is Cc1ccc(N(CC(=O)N(Cc2ccc(Cl)cc2)[C@H](C)C(=O)NC2CCCCC2)S(C)(=O)=O)c(C)c1. The van der Waals surface area contributed by atoms with Crippen molar-refractivity contribution in [2.75, 3.05) is 17.1 Å². The van der Waals surface area contributed by atoms with Gasteiger partial charge in [0.25, 0.3) is 0 Å². The van der Waals surface area contributed by atoms with E-state index in [-0.39, 0.29) is 18.5 Å². The Hall–Kier alpha value is -2.58. The highest BCUT2D eigenvalue weighted by atomic mass is 35.5. The van der Waals surface area contributed by atoms with Gasteiger partial charge in [0.2, 0.25) is 21.8 Å². The molecule has 1 fully saturated rings. The van der Waals surface area contributed by atoms with Crippen LogP contribution in [0.2, 0.25) is 5.02 Å². The molecule has 1 atom stereocenters. The number of carbonyl (C=O) groups excluding carboxylic acids is 2. The number of sulfonamides is 1. The Kier molecular flexibility index (Phi) is 9.41. The van der Waals surface area contributed by atoms with Crippen LogP contribution in [0.1, 0.15) is 55.7 Å². The van der Waals surface area contributed by atoms with Crippen molar-refractivity contribution in [1.29, 1.82) is 0 Å². The monoisotopic (exact) mass is 533 g/mol. The minimum Gasteiger partial charge on any atom is -0.352 e. The van der Waals surface area contributed by atoms with Gasteiger partial charge >= 0.3 is 0 Å². The topological polar surface area (TPSA) is 86.8 Å². The third-order valence-corrected chi connectivity index (χ3v) is 8.06. The molecule has 1 aliphatic rings. The Balaban J connectivity index is 1.88. The van der Waals surface area contributed by atoms with E-state index in [0.717, 1.165) is 52.9 Å². The van der Waals surface area contributed by atoms with Crippen LogP contribution in [0.4, 0.5) is 5.69 Å². The second-order valence-electron chi connectivity index (χ2n) is 9.73. The number of benzene rings is 2. The molecule has 2 aromatic carbocycles. The zero-order chi connectivity index (χ0) is 26.5. The first-order valence-electron chi connectivity index (χ1n) is 12.3. The van der Waals surface area contributed by atoms with E-state index in [1.807, 2.05) is 26.0 Å². The van der Waals surface area contributed by atoms with Crippen LogP contribution in [-0.4, -0.2) is 50.0 Å². The fourth-order valence-electron chi connectivity index (χ4n) is 4.62. The van der Waals surface area contributed by atoms with Crippen LogP contribution in [-0.2, 0) is 26.2 Å². The van der Waals surface area contributed by atoms with Crippen molar-refractivity contribution in [3.8, 4) is 0 Å². The predicted molar refractivity (Wildman–Crippen MR) is 145 cm³/mol. The van der Waals surface area contributed by atoms with Gasteiger partial charge in [-0.1, -0.05) is 60.7 Å². The average Bonchev–Trinajstić information content (AvgIpc) is 2.82. The fraction of sp³-hybridized carbons (Fsp3) is 0.481. The first-order chi connectivity index (χ1) is 17.0. The van der Waals surface area contributed by atoms with Gasteiger partial charge in [0.15, 0.2) is 0 Å². The lowest BCUT2D eigenvalue weighted by Gasteiger charge is -2.33. The smallest absolute Gasteiger partial charge is 0.244 e. The second-order valence-corrected chi connectivity index (χ2v) is 12.1. The standard InChI is InChI=1S/C27H36ClN3O4S/c1-19-10-15-25(20(2)16-19)31(36(4,34)35)18-26(32)30(17-22-11-13-23(28)14-12-22)21(3)27(33)29-24-8-6-5-7-9-24/h10-16,21,24H,5-9,17-18H2,1-4H3,(H,29,33)/t21-/m1/s1. The van der Waals surface area contributed by atoms with Crippen molar-refractivity contribution in [3.05, 3.63) is 64.2 Å². The van der Waals surface area contributed by atoms with E-state index in [0.29, 0.717) is 10.7 Å². The van der Waals surface area contributed by atoms with Crippen molar-refractivity contribution in [2.45, 2.75) is 71.5 Å². The van der Waals surface area contributed by atoms with Gasteiger partial charge in [-0.3, -0.25) is 13.9 Å². The zero-order valence-electron chi connectivity index (χ0n) is 21.5. The Morgan fingerprint density at radius 2 is 1.69 bits per heavy atom. The fourth-order valence-corrected chi connectivity index (χ4v) is 5.65. The lowest BCUT2D eigenvalue weighted by molar-refractivity contribution is -0.139. The van der Waals surface area contributed by atoms with Crippen LogP contribution in [0.15, 0.2) is 42.5 Å². The Labute approximate surface area is 219 Å². The summed E-state index contributed by atoms with van der Waals surface area (Å²) < 4.78 is 26.6. The van der Waals surface area contributed by atoms with Gasteiger partial charge in [-0.15, -0.1) is 0 Å². The summed E-state index contributed by atoms with van der Waals surface area (Å²) in [5, 5.41) is 3.66. The molecule has 1 saturated carbocycles. The predicted octanol–water partition coefficient (Wildman–Crippen LogP) is 4.59. The van der Waals surface area contributed by atoms with Crippen molar-refractivity contribution in [1.82, 2.24) is 10.2 Å². The summed E-state index contributed by atoms with van der Waals surface area (Å²) in [5.74, 6) is -0.691. The Morgan fingerprint density at radius 1 is 1.06 bits per heavy atom. The molecular formula is C27H36ClN3O4S. The molecule has 0 bridgehead atoms. The molecule has 1 aliphatic carbocycles. The lowest BCUT2D eigenvalue weighted by Crippen LogP contribution is -2.53. The maximum atomic E-state index is 13.7. The van der Waals surface area contributed by atoms with E-state index >= 15 is 0 Å². The number of aryl methyl sites for hydroxylation is 2. The lowest BCUT2D eigenvalue weighted by atomic mass is 9.95. The number of anilines is 1. The molecule has 3 rings (SSSR count). The number of hydrogen-bond acceptors (Lipinski definition) is 4. The van der Waals surface area contributed by atoms with E-state index in [1.165, 1.54) is 11.3 Å². The van der Waals surface area contributed by atoms with Gasteiger partial charge in [0.1, 0.15) is 12.6 Å². The second kappa shape index (κ2) is 12.1. The number of carbonyl (C=O) groups is 2. The van der Waals surface area contributed by atoms with E-state index in [1.54, 1.807) is 37.3 Å². The summed E-state index contributed by atoms with van der Waals surface area (Å²) in [4.78, 5) is 28.3. The third kappa shape index (κ3) is 7.46. The van der Waals surface area contributed by atoms with Crippen LogP contribution in [0.25, 0.3) is 0 Å². The first kappa shape index (κ1) is 28.0. The molecule has 2 aromatic rings. The van der Waals surface area contributed by atoms with Crippen LogP contribution in [0, 0.1) is 13.8 Å². The van der Waals surface area contributed by atoms with Crippen LogP contribution < -0.4 is 9.62 Å². The van der Waals surface area contributed by atoms with Crippen LogP contribution >= 0.6 is 11.6 Å². The van der Waals surface area contributed by atoms with Gasteiger partial charge in [-0.2, -0.15) is 0 Å². The number of nitrogens with one attached hydrogen (secondary N) is 1. The maximum absolute atomic E-state index is 13.7. The molecule has 0 unspecified atom stereocenters. The average molecular weight is 534 g/mol. The number of rotatable bonds is 9. The summed E-state index contributed by atoms with van der Waals surface area (Å²) in [6.07, 6.45) is 6.26. The van der Waals surface area contributed by atoms with Crippen molar-refractivity contribution < 1.29 is 18.0 Å². The van der Waals surface area contributed by atoms with Crippen molar-refractivity contribution in [2.24, 2.45) is 0 Å². The van der Waals surface area contributed by atoms with Gasteiger partial charge in [0.05, 0.1) is 11.9 Å². The molecule has 0 aromatic heterocycles. The van der Waals surface area contributed by atoms with Crippen LogP contribution in [0.5, 0.6) is 0 Å². The summed E-state index contributed by atoms with van der Waals surface area (Å²) >= 11 is 6.03. The molecule has 0 radical (unpaired) electrons. The molecule has 196 valence electrons. The number of halogens is 1. The van der Waals surface area contributed by atoms with Gasteiger partial charge in [0, 0.05) is 17.6 Å². The highest BCUT2D eigenvalue weighted by molar-refractivity contribution is 7.92. The zero-order valence-corrected chi connectivity index (χ0v) is 23.0. The molecule has 0 spiro atoms. The number of nitrogens with zero attached hydrogens (tertiary/aromatic N) is 2. The molecule has 1 N–H and O–H groups in total. The Bertz CT molecular complexity index is 1180. The van der Waals surface area contributed by atoms with E-state index < -0.39 is 28.5 Å². The molecular weight excluding hydrogens is 498 g/mol. The normalized spacial score (nSPS) is 15.2.